The molecule has 0 aliphatic carbocycles. The lowest BCUT2D eigenvalue weighted by molar-refractivity contribution is -0.118. The fourth-order valence-electron chi connectivity index (χ4n) is 3.04. The summed E-state index contributed by atoms with van der Waals surface area (Å²) >= 11 is 0. The number of carbonyl (C=O) groups is 2. The van der Waals surface area contributed by atoms with Crippen LogP contribution in [0, 0.1) is 13.8 Å². The maximum Gasteiger partial charge on any atom is 0.262 e. The van der Waals surface area contributed by atoms with Crippen LogP contribution in [0.1, 0.15) is 34.3 Å². The molecule has 1 unspecified atom stereocenters. The van der Waals surface area contributed by atoms with Crippen LogP contribution >= 0.6 is 0 Å². The first-order valence-electron chi connectivity index (χ1n) is 9.51. The molecule has 1 saturated heterocycles. The molecule has 6 heteroatoms. The van der Waals surface area contributed by atoms with Gasteiger partial charge in [0, 0.05) is 13.2 Å². The average molecular weight is 382 g/mol. The van der Waals surface area contributed by atoms with Crippen LogP contribution in [0.15, 0.2) is 42.5 Å². The molecule has 0 saturated carbocycles. The zero-order chi connectivity index (χ0) is 19.9. The predicted molar refractivity (Wildman–Crippen MR) is 108 cm³/mol. The van der Waals surface area contributed by atoms with Gasteiger partial charge in [0.15, 0.2) is 6.61 Å². The van der Waals surface area contributed by atoms with E-state index in [1.165, 1.54) is 5.56 Å². The van der Waals surface area contributed by atoms with Gasteiger partial charge < -0.3 is 20.1 Å². The van der Waals surface area contributed by atoms with E-state index in [-0.39, 0.29) is 24.5 Å². The van der Waals surface area contributed by atoms with Crippen molar-refractivity contribution in [1.82, 2.24) is 5.32 Å². The molecule has 3 rings (SSSR count). The van der Waals surface area contributed by atoms with Crippen molar-refractivity contribution >= 4 is 17.5 Å². The summed E-state index contributed by atoms with van der Waals surface area (Å²) < 4.78 is 11.1. The zero-order valence-electron chi connectivity index (χ0n) is 16.3. The number of benzene rings is 2. The van der Waals surface area contributed by atoms with Gasteiger partial charge in [-0.05, 0) is 62.1 Å². The standard InChI is InChI=1S/C22H26N2O4/c1-15-9-10-17(12-16(15)2)28-14-21(25)24-20-8-4-3-7-19(20)22(26)23-13-18-6-5-11-27-18/h3-4,7-10,12,18H,5-6,11,13-14H2,1-2H3,(H,23,26)(H,24,25). The van der Waals surface area contributed by atoms with Crippen LogP contribution in [0.4, 0.5) is 5.69 Å². The lowest BCUT2D eigenvalue weighted by atomic mass is 10.1. The first kappa shape index (κ1) is 19.9. The van der Waals surface area contributed by atoms with Gasteiger partial charge in [-0.1, -0.05) is 18.2 Å². The number of hydrogen-bond donors (Lipinski definition) is 2. The normalized spacial score (nSPS) is 15.9. The van der Waals surface area contributed by atoms with E-state index in [0.717, 1.165) is 25.0 Å². The number of hydrogen-bond acceptors (Lipinski definition) is 4. The first-order valence-corrected chi connectivity index (χ1v) is 9.51. The minimum atomic E-state index is -0.322. The van der Waals surface area contributed by atoms with Gasteiger partial charge in [0.1, 0.15) is 5.75 Å². The molecule has 148 valence electrons. The number of carbonyl (C=O) groups excluding carboxylic acids is 2. The quantitative estimate of drug-likeness (QED) is 0.771. The highest BCUT2D eigenvalue weighted by atomic mass is 16.5. The second-order valence-electron chi connectivity index (χ2n) is 6.97. The Morgan fingerprint density at radius 2 is 1.96 bits per heavy atom. The fraction of sp³-hybridized carbons (Fsp3) is 0.364. The van der Waals surface area contributed by atoms with Crippen molar-refractivity contribution in [1.29, 1.82) is 0 Å². The molecule has 1 aliphatic heterocycles. The van der Waals surface area contributed by atoms with Gasteiger partial charge in [0.05, 0.1) is 17.4 Å². The first-order chi connectivity index (χ1) is 13.5. The highest BCUT2D eigenvalue weighted by molar-refractivity contribution is 6.04. The topological polar surface area (TPSA) is 76.7 Å². The molecule has 1 fully saturated rings. The largest absolute Gasteiger partial charge is 0.484 e. The maximum absolute atomic E-state index is 12.5. The molecule has 1 atom stereocenters. The molecule has 2 aromatic rings. The summed E-state index contributed by atoms with van der Waals surface area (Å²) in [4.78, 5) is 24.8. The SMILES string of the molecule is Cc1ccc(OCC(=O)Nc2ccccc2C(=O)NCC2CCCO2)cc1C. The molecule has 1 aliphatic rings. The number of anilines is 1. The van der Waals surface area contributed by atoms with Crippen LogP contribution in [0.2, 0.25) is 0 Å². The zero-order valence-corrected chi connectivity index (χ0v) is 16.3. The molecular formula is C22H26N2O4. The Labute approximate surface area is 165 Å². The van der Waals surface area contributed by atoms with Gasteiger partial charge in [0.25, 0.3) is 11.8 Å². The van der Waals surface area contributed by atoms with Crippen molar-refractivity contribution in [2.75, 3.05) is 25.1 Å². The van der Waals surface area contributed by atoms with Crippen molar-refractivity contribution in [3.8, 4) is 5.75 Å². The van der Waals surface area contributed by atoms with Crippen molar-refractivity contribution in [2.24, 2.45) is 0 Å². The van der Waals surface area contributed by atoms with Gasteiger partial charge >= 0.3 is 0 Å². The van der Waals surface area contributed by atoms with Crippen molar-refractivity contribution < 1.29 is 19.1 Å². The lowest BCUT2D eigenvalue weighted by Gasteiger charge is -2.14. The third-order valence-electron chi connectivity index (χ3n) is 4.81. The highest BCUT2D eigenvalue weighted by Crippen LogP contribution is 2.18. The Morgan fingerprint density at radius 1 is 1.14 bits per heavy atom. The van der Waals surface area contributed by atoms with Gasteiger partial charge in [-0.25, -0.2) is 0 Å². The minimum Gasteiger partial charge on any atom is -0.484 e. The Hall–Kier alpha value is -2.86. The molecule has 0 spiro atoms. The Bertz CT molecular complexity index is 844. The minimum absolute atomic E-state index is 0.0667. The van der Waals surface area contributed by atoms with E-state index in [1.807, 2.05) is 32.0 Å². The molecule has 6 nitrogen and oxygen atoms in total. The van der Waals surface area contributed by atoms with E-state index in [1.54, 1.807) is 24.3 Å². The molecule has 2 N–H and O–H groups in total. The van der Waals surface area contributed by atoms with Gasteiger partial charge in [0.2, 0.25) is 0 Å². The molecule has 0 bridgehead atoms. The van der Waals surface area contributed by atoms with E-state index in [9.17, 15) is 9.59 Å². The smallest absolute Gasteiger partial charge is 0.262 e. The molecule has 2 aromatic carbocycles. The van der Waals surface area contributed by atoms with Crippen LogP contribution in [0.3, 0.4) is 0 Å². The van der Waals surface area contributed by atoms with Crippen LogP contribution in [0.25, 0.3) is 0 Å². The van der Waals surface area contributed by atoms with Crippen LogP contribution in [-0.2, 0) is 9.53 Å². The number of aryl methyl sites for hydroxylation is 2. The summed E-state index contributed by atoms with van der Waals surface area (Å²) in [7, 11) is 0. The monoisotopic (exact) mass is 382 g/mol. The number of nitrogens with one attached hydrogen (secondary N) is 2. The van der Waals surface area contributed by atoms with E-state index < -0.39 is 0 Å². The number of para-hydroxylation sites is 1. The summed E-state index contributed by atoms with van der Waals surface area (Å²) in [5.74, 6) is 0.0833. The highest BCUT2D eigenvalue weighted by Gasteiger charge is 2.18. The summed E-state index contributed by atoms with van der Waals surface area (Å²) in [6, 6.07) is 12.6. The second-order valence-corrected chi connectivity index (χ2v) is 6.97. The predicted octanol–water partition coefficient (Wildman–Crippen LogP) is 3.23. The molecule has 0 radical (unpaired) electrons. The van der Waals surface area contributed by atoms with Gasteiger partial charge in [-0.15, -0.1) is 0 Å². The number of rotatable bonds is 7. The third-order valence-corrected chi connectivity index (χ3v) is 4.81. The Balaban J connectivity index is 1.56. The third kappa shape index (κ3) is 5.33. The maximum atomic E-state index is 12.5. The Kier molecular flexibility index (Phi) is 6.66. The van der Waals surface area contributed by atoms with Gasteiger partial charge in [-0.3, -0.25) is 9.59 Å². The van der Waals surface area contributed by atoms with Gasteiger partial charge in [-0.2, -0.15) is 0 Å². The van der Waals surface area contributed by atoms with E-state index >= 15 is 0 Å². The lowest BCUT2D eigenvalue weighted by Crippen LogP contribution is -2.32. The molecule has 0 aromatic heterocycles. The summed E-state index contributed by atoms with van der Waals surface area (Å²) in [5, 5.41) is 5.64. The summed E-state index contributed by atoms with van der Waals surface area (Å²) in [5.41, 5.74) is 3.15. The summed E-state index contributed by atoms with van der Waals surface area (Å²) in [6.45, 7) is 5.10. The molecule has 1 heterocycles. The average Bonchev–Trinajstić information content (AvgIpc) is 3.21. The molecule has 28 heavy (non-hydrogen) atoms. The molecule has 2 amide bonds. The van der Waals surface area contributed by atoms with Crippen molar-refractivity contribution in [3.63, 3.8) is 0 Å². The van der Waals surface area contributed by atoms with Crippen LogP contribution in [0.5, 0.6) is 5.75 Å². The van der Waals surface area contributed by atoms with E-state index in [0.29, 0.717) is 23.5 Å². The fourth-order valence-corrected chi connectivity index (χ4v) is 3.04. The number of amides is 2. The Morgan fingerprint density at radius 3 is 2.71 bits per heavy atom. The van der Waals surface area contributed by atoms with Crippen molar-refractivity contribution in [3.05, 3.63) is 59.2 Å². The number of ether oxygens (including phenoxy) is 2. The summed E-state index contributed by atoms with van der Waals surface area (Å²) in [6.07, 6.45) is 2.04. The van der Waals surface area contributed by atoms with E-state index in [4.69, 9.17) is 9.47 Å². The van der Waals surface area contributed by atoms with Crippen LogP contribution in [-0.4, -0.2) is 37.7 Å². The molecular weight excluding hydrogens is 356 g/mol. The van der Waals surface area contributed by atoms with Crippen molar-refractivity contribution in [2.45, 2.75) is 32.8 Å². The van der Waals surface area contributed by atoms with E-state index in [2.05, 4.69) is 10.6 Å². The van der Waals surface area contributed by atoms with Crippen LogP contribution < -0.4 is 15.4 Å². The second kappa shape index (κ2) is 9.37.